The van der Waals surface area contributed by atoms with Gasteiger partial charge in [-0.3, -0.25) is 14.6 Å². The predicted molar refractivity (Wildman–Crippen MR) is 112 cm³/mol. The van der Waals surface area contributed by atoms with Crippen molar-refractivity contribution in [1.29, 1.82) is 0 Å². The Kier molecular flexibility index (Phi) is 3.84. The minimum atomic E-state index is -0.830. The molecule has 0 bridgehead atoms. The summed E-state index contributed by atoms with van der Waals surface area (Å²) in [6.07, 6.45) is 6.79. The van der Waals surface area contributed by atoms with E-state index in [1.165, 1.54) is 6.42 Å². The number of aromatic nitrogens is 5. The summed E-state index contributed by atoms with van der Waals surface area (Å²) < 4.78 is 1.70. The van der Waals surface area contributed by atoms with Gasteiger partial charge in [0.25, 0.3) is 0 Å². The lowest BCUT2D eigenvalue weighted by Gasteiger charge is -2.31. The molecule has 1 aliphatic rings. The number of carbonyl (C=O) groups excluding carboxylic acids is 1. The molecule has 1 aromatic carbocycles. The Bertz CT molecular complexity index is 1220. The van der Waals surface area contributed by atoms with Gasteiger partial charge in [-0.25, -0.2) is 4.98 Å². The van der Waals surface area contributed by atoms with Crippen molar-refractivity contribution in [2.75, 3.05) is 5.73 Å². The highest BCUT2D eigenvalue weighted by atomic mass is 16.2. The number of nitrogen functional groups attached to an aromatic ring is 1. The van der Waals surface area contributed by atoms with Gasteiger partial charge in [-0.1, -0.05) is 6.07 Å². The van der Waals surface area contributed by atoms with Crippen molar-refractivity contribution < 1.29 is 4.79 Å². The fourth-order valence-electron chi connectivity index (χ4n) is 3.66. The molecule has 5 rings (SSSR count). The Morgan fingerprint density at radius 3 is 2.79 bits per heavy atom. The van der Waals surface area contributed by atoms with Gasteiger partial charge in [0, 0.05) is 29.4 Å². The molecule has 8 heteroatoms. The number of rotatable bonds is 4. The van der Waals surface area contributed by atoms with Crippen LogP contribution in [0.25, 0.3) is 33.1 Å². The molecule has 148 valence electrons. The quantitative estimate of drug-likeness (QED) is 0.496. The van der Waals surface area contributed by atoms with Gasteiger partial charge in [-0.2, -0.15) is 10.2 Å². The fraction of sp³-hybridized carbons (Fsp3) is 0.333. The van der Waals surface area contributed by atoms with E-state index in [9.17, 15) is 4.79 Å². The van der Waals surface area contributed by atoms with E-state index in [2.05, 4.69) is 20.5 Å². The van der Waals surface area contributed by atoms with E-state index in [1.807, 2.05) is 44.3 Å². The number of nitrogens with zero attached hydrogens (tertiary/aromatic N) is 4. The van der Waals surface area contributed by atoms with E-state index in [0.29, 0.717) is 5.82 Å². The molecule has 8 nitrogen and oxygen atoms in total. The van der Waals surface area contributed by atoms with Gasteiger partial charge in [0.1, 0.15) is 16.9 Å². The van der Waals surface area contributed by atoms with Crippen molar-refractivity contribution >= 4 is 33.5 Å². The van der Waals surface area contributed by atoms with E-state index in [0.717, 1.165) is 45.9 Å². The van der Waals surface area contributed by atoms with Gasteiger partial charge in [-0.15, -0.1) is 0 Å². The second-order valence-corrected chi connectivity index (χ2v) is 8.20. The summed E-state index contributed by atoms with van der Waals surface area (Å²) in [5.41, 5.74) is 8.80. The van der Waals surface area contributed by atoms with Crippen LogP contribution >= 0.6 is 0 Å². The maximum Gasteiger partial charge on any atom is 0.247 e. The highest BCUT2D eigenvalue weighted by Gasteiger charge is 2.34. The van der Waals surface area contributed by atoms with Crippen LogP contribution in [-0.2, 0) is 10.3 Å². The zero-order chi connectivity index (χ0) is 20.2. The molecule has 0 unspecified atom stereocenters. The van der Waals surface area contributed by atoms with Gasteiger partial charge in [0.05, 0.1) is 16.6 Å². The van der Waals surface area contributed by atoms with Crippen LogP contribution in [0.4, 0.5) is 5.82 Å². The van der Waals surface area contributed by atoms with Crippen LogP contribution in [0.3, 0.4) is 0 Å². The molecule has 3 heterocycles. The molecule has 0 aliphatic heterocycles. The SMILES string of the molecule is CC(C)(C(=O)NC1CCC1)n1cc2c(N)nc3cc(-c4ccn[nH]4)ccc3c2n1. The Labute approximate surface area is 167 Å². The number of amides is 1. The largest absolute Gasteiger partial charge is 0.383 e. The third kappa shape index (κ3) is 2.83. The van der Waals surface area contributed by atoms with E-state index in [4.69, 9.17) is 10.8 Å². The number of nitrogens with one attached hydrogen (secondary N) is 2. The van der Waals surface area contributed by atoms with Crippen LogP contribution in [0.5, 0.6) is 0 Å². The molecular weight excluding hydrogens is 366 g/mol. The smallest absolute Gasteiger partial charge is 0.247 e. The van der Waals surface area contributed by atoms with Crippen LogP contribution in [0.15, 0.2) is 36.7 Å². The third-order valence-corrected chi connectivity index (χ3v) is 5.86. The predicted octanol–water partition coefficient (Wildman–Crippen LogP) is 2.96. The monoisotopic (exact) mass is 389 g/mol. The van der Waals surface area contributed by atoms with Gasteiger partial charge in [0.15, 0.2) is 0 Å². The number of H-pyrrole nitrogens is 1. The summed E-state index contributed by atoms with van der Waals surface area (Å²) >= 11 is 0. The fourth-order valence-corrected chi connectivity index (χ4v) is 3.66. The molecule has 1 amide bonds. The number of fused-ring (bicyclic) bond motifs is 3. The molecule has 1 saturated carbocycles. The van der Waals surface area contributed by atoms with E-state index < -0.39 is 5.54 Å². The topological polar surface area (TPSA) is 115 Å². The Hall–Kier alpha value is -3.42. The average molecular weight is 389 g/mol. The van der Waals surface area contributed by atoms with Crippen molar-refractivity contribution in [1.82, 2.24) is 30.3 Å². The van der Waals surface area contributed by atoms with E-state index in [-0.39, 0.29) is 11.9 Å². The van der Waals surface area contributed by atoms with Crippen molar-refractivity contribution in [2.45, 2.75) is 44.7 Å². The highest BCUT2D eigenvalue weighted by molar-refractivity contribution is 6.08. The summed E-state index contributed by atoms with van der Waals surface area (Å²) in [6.45, 7) is 3.74. The van der Waals surface area contributed by atoms with Crippen LogP contribution in [0.2, 0.25) is 0 Å². The van der Waals surface area contributed by atoms with E-state index in [1.54, 1.807) is 10.9 Å². The third-order valence-electron chi connectivity index (χ3n) is 5.86. The zero-order valence-electron chi connectivity index (χ0n) is 16.4. The van der Waals surface area contributed by atoms with Crippen LogP contribution in [-0.4, -0.2) is 36.9 Å². The number of hydrogen-bond acceptors (Lipinski definition) is 5. The normalized spacial score (nSPS) is 15.0. The number of nitrogens with two attached hydrogens (primary N) is 1. The van der Waals surface area contributed by atoms with Crippen molar-refractivity contribution in [3.63, 3.8) is 0 Å². The minimum Gasteiger partial charge on any atom is -0.383 e. The summed E-state index contributed by atoms with van der Waals surface area (Å²) in [5, 5.41) is 16.5. The first-order chi connectivity index (χ1) is 13.9. The first-order valence-electron chi connectivity index (χ1n) is 9.83. The molecule has 1 aliphatic carbocycles. The molecule has 4 aromatic rings. The van der Waals surface area contributed by atoms with E-state index >= 15 is 0 Å². The maximum atomic E-state index is 12.8. The minimum absolute atomic E-state index is 0.0348. The molecule has 0 radical (unpaired) electrons. The van der Waals surface area contributed by atoms with Gasteiger partial charge >= 0.3 is 0 Å². The van der Waals surface area contributed by atoms with Gasteiger partial charge in [-0.05, 0) is 51.3 Å². The maximum absolute atomic E-state index is 12.8. The lowest BCUT2D eigenvalue weighted by molar-refractivity contribution is -0.130. The van der Waals surface area contributed by atoms with Crippen molar-refractivity contribution in [3.8, 4) is 11.3 Å². The first kappa shape index (κ1) is 17.7. The van der Waals surface area contributed by atoms with Crippen molar-refractivity contribution in [3.05, 3.63) is 36.7 Å². The summed E-state index contributed by atoms with van der Waals surface area (Å²) in [6, 6.07) is 8.13. The first-order valence-corrected chi connectivity index (χ1v) is 9.83. The number of benzene rings is 1. The second-order valence-electron chi connectivity index (χ2n) is 8.20. The number of pyridine rings is 1. The highest BCUT2D eigenvalue weighted by Crippen LogP contribution is 2.31. The standard InChI is InChI=1S/C21H23N7O/c1-21(2,20(29)24-13-4-3-5-13)28-11-15-18(27-28)14-7-6-12(16-8-9-23-26-16)10-17(14)25-19(15)22/h6-11,13H,3-5H2,1-2H3,(H2,22,25)(H,23,26)(H,24,29). The molecule has 3 aromatic heterocycles. The Morgan fingerprint density at radius 2 is 2.10 bits per heavy atom. The Balaban J connectivity index is 1.59. The summed E-state index contributed by atoms with van der Waals surface area (Å²) in [4.78, 5) is 17.4. The molecule has 0 spiro atoms. The van der Waals surface area contributed by atoms with Gasteiger partial charge < -0.3 is 11.1 Å². The van der Waals surface area contributed by atoms with Gasteiger partial charge in [0.2, 0.25) is 5.91 Å². The number of hydrogen-bond donors (Lipinski definition) is 3. The molecule has 29 heavy (non-hydrogen) atoms. The number of carbonyl (C=O) groups is 1. The molecule has 4 N–H and O–H groups in total. The van der Waals surface area contributed by atoms with Crippen LogP contribution in [0, 0.1) is 0 Å². The zero-order valence-corrected chi connectivity index (χ0v) is 16.4. The number of anilines is 1. The second kappa shape index (κ2) is 6.30. The lowest BCUT2D eigenvalue weighted by atomic mass is 9.92. The lowest BCUT2D eigenvalue weighted by Crippen LogP contribution is -2.50. The molecular formula is C21H23N7O. The molecule has 0 atom stereocenters. The summed E-state index contributed by atoms with van der Waals surface area (Å²) in [7, 11) is 0. The molecule has 0 saturated heterocycles. The molecule has 1 fully saturated rings. The number of aromatic amines is 1. The van der Waals surface area contributed by atoms with Crippen LogP contribution < -0.4 is 11.1 Å². The summed E-state index contributed by atoms with van der Waals surface area (Å²) in [5.74, 6) is 0.364. The van der Waals surface area contributed by atoms with Crippen molar-refractivity contribution in [2.24, 2.45) is 0 Å². The van der Waals surface area contributed by atoms with Crippen LogP contribution in [0.1, 0.15) is 33.1 Å². The Morgan fingerprint density at radius 1 is 1.28 bits per heavy atom. The average Bonchev–Trinajstić information content (AvgIpc) is 3.34.